The summed E-state index contributed by atoms with van der Waals surface area (Å²) in [4.78, 5) is 10.8. The van der Waals surface area contributed by atoms with E-state index in [1.54, 1.807) is 19.4 Å². The Balaban J connectivity index is 1.67. The van der Waals surface area contributed by atoms with Crippen LogP contribution < -0.4 is 9.47 Å². The molecule has 0 aliphatic carbocycles. The maximum Gasteiger partial charge on any atom is 0.270 e. The molecular weight excluding hydrogens is 432 g/mol. The van der Waals surface area contributed by atoms with Gasteiger partial charge in [-0.15, -0.1) is 10.2 Å². The van der Waals surface area contributed by atoms with E-state index < -0.39 is 4.92 Å². The molecule has 0 saturated heterocycles. The van der Waals surface area contributed by atoms with Crippen LogP contribution in [0.25, 0.3) is 11.4 Å². The van der Waals surface area contributed by atoms with Crippen LogP contribution in [0.5, 0.6) is 11.5 Å². The smallest absolute Gasteiger partial charge is 0.270 e. The van der Waals surface area contributed by atoms with Crippen molar-refractivity contribution in [1.29, 1.82) is 0 Å². The van der Waals surface area contributed by atoms with Crippen LogP contribution in [0.1, 0.15) is 11.3 Å². The second-order valence-corrected chi connectivity index (χ2v) is 7.69. The third-order valence-electron chi connectivity index (χ3n) is 4.77. The molecule has 0 radical (unpaired) electrons. The predicted octanol–water partition coefficient (Wildman–Crippen LogP) is 4.80. The molecule has 4 rings (SSSR count). The number of methoxy groups -OCH3 is 2. The maximum atomic E-state index is 11.2. The Bertz CT molecular complexity index is 1220. The third kappa shape index (κ3) is 4.59. The average molecular weight is 452 g/mol. The van der Waals surface area contributed by atoms with Crippen molar-refractivity contribution >= 4 is 17.4 Å². The summed E-state index contributed by atoms with van der Waals surface area (Å²) in [6.07, 6.45) is 1.62. The minimum Gasteiger partial charge on any atom is -0.497 e. The first kappa shape index (κ1) is 21.4. The van der Waals surface area contributed by atoms with Crippen molar-refractivity contribution in [3.05, 3.63) is 82.3 Å². The summed E-state index contributed by atoms with van der Waals surface area (Å²) in [5, 5.41) is 20.6. The number of rotatable bonds is 9. The molecule has 4 aromatic rings. The molecule has 0 fully saturated rings. The summed E-state index contributed by atoms with van der Waals surface area (Å²) in [6.45, 7) is 0.431. The van der Waals surface area contributed by atoms with Gasteiger partial charge in [-0.2, -0.15) is 0 Å². The van der Waals surface area contributed by atoms with Crippen molar-refractivity contribution in [1.82, 2.24) is 14.8 Å². The molecule has 2 aromatic carbocycles. The summed E-state index contributed by atoms with van der Waals surface area (Å²) >= 11 is 1.41. The number of hydrogen-bond acceptors (Lipinski definition) is 8. The van der Waals surface area contributed by atoms with Crippen LogP contribution >= 0.6 is 11.8 Å². The molecular formula is C22H20N4O5S. The molecule has 2 aromatic heterocycles. The van der Waals surface area contributed by atoms with E-state index in [9.17, 15) is 10.1 Å². The van der Waals surface area contributed by atoms with E-state index in [1.165, 1.54) is 31.0 Å². The number of thioether (sulfide) groups is 1. The van der Waals surface area contributed by atoms with Gasteiger partial charge in [0.05, 0.1) is 32.0 Å². The normalized spacial score (nSPS) is 10.8. The number of non-ortho nitro benzene ring substituents is 1. The van der Waals surface area contributed by atoms with Gasteiger partial charge in [0.2, 0.25) is 0 Å². The Kier molecular flexibility index (Phi) is 6.41. The second kappa shape index (κ2) is 9.56. The first-order chi connectivity index (χ1) is 15.6. The fourth-order valence-electron chi connectivity index (χ4n) is 3.21. The Morgan fingerprint density at radius 3 is 2.69 bits per heavy atom. The minimum atomic E-state index is -0.423. The first-order valence-corrected chi connectivity index (χ1v) is 10.6. The van der Waals surface area contributed by atoms with E-state index >= 15 is 0 Å². The summed E-state index contributed by atoms with van der Waals surface area (Å²) < 4.78 is 18.2. The van der Waals surface area contributed by atoms with E-state index in [1.807, 2.05) is 41.0 Å². The Morgan fingerprint density at radius 2 is 1.97 bits per heavy atom. The predicted molar refractivity (Wildman–Crippen MR) is 119 cm³/mol. The lowest BCUT2D eigenvalue weighted by molar-refractivity contribution is -0.384. The highest BCUT2D eigenvalue weighted by atomic mass is 32.2. The van der Waals surface area contributed by atoms with Crippen molar-refractivity contribution in [3.63, 3.8) is 0 Å². The summed E-state index contributed by atoms with van der Waals surface area (Å²) in [5.41, 5.74) is 1.56. The van der Waals surface area contributed by atoms with E-state index in [2.05, 4.69) is 10.2 Å². The van der Waals surface area contributed by atoms with Gasteiger partial charge in [-0.3, -0.25) is 14.7 Å². The second-order valence-electron chi connectivity index (χ2n) is 6.75. The highest BCUT2D eigenvalue weighted by Crippen LogP contribution is 2.32. The number of benzene rings is 2. The molecule has 0 spiro atoms. The summed E-state index contributed by atoms with van der Waals surface area (Å²) in [5.74, 6) is 3.12. The molecule has 0 bridgehead atoms. The molecule has 0 amide bonds. The van der Waals surface area contributed by atoms with E-state index in [-0.39, 0.29) is 5.69 Å². The van der Waals surface area contributed by atoms with Crippen molar-refractivity contribution in [3.8, 4) is 22.9 Å². The molecule has 0 saturated carbocycles. The fourth-order valence-corrected chi connectivity index (χ4v) is 4.12. The highest BCUT2D eigenvalue weighted by Gasteiger charge is 2.18. The van der Waals surface area contributed by atoms with E-state index in [0.717, 1.165) is 11.3 Å². The van der Waals surface area contributed by atoms with Crippen molar-refractivity contribution < 1.29 is 18.8 Å². The van der Waals surface area contributed by atoms with Gasteiger partial charge in [-0.05, 0) is 30.3 Å². The largest absolute Gasteiger partial charge is 0.497 e. The molecule has 164 valence electrons. The van der Waals surface area contributed by atoms with Gasteiger partial charge >= 0.3 is 0 Å². The standard InChI is InChI=1S/C22H20N4O5S/c1-29-18-6-3-5-15(12-18)21-23-24-22(25(21)13-19-7-4-10-31-19)32-14-16-11-17(26(27)28)8-9-20(16)30-2/h3-12H,13-14H2,1-2H3. The van der Waals surface area contributed by atoms with Gasteiger partial charge in [-0.1, -0.05) is 23.9 Å². The quantitative estimate of drug-likeness (QED) is 0.202. The summed E-state index contributed by atoms with van der Waals surface area (Å²) in [6, 6.07) is 15.8. The lowest BCUT2D eigenvalue weighted by Crippen LogP contribution is -2.04. The van der Waals surface area contributed by atoms with Crippen molar-refractivity contribution in [2.24, 2.45) is 0 Å². The molecule has 10 heteroatoms. The number of nitrogens with zero attached hydrogens (tertiary/aromatic N) is 4. The van der Waals surface area contributed by atoms with Crippen LogP contribution in [0.2, 0.25) is 0 Å². The Labute approximate surface area is 188 Å². The van der Waals surface area contributed by atoms with Gasteiger partial charge in [0.25, 0.3) is 5.69 Å². The molecule has 32 heavy (non-hydrogen) atoms. The zero-order valence-electron chi connectivity index (χ0n) is 17.4. The SMILES string of the molecule is COc1cccc(-c2nnc(SCc3cc([N+](=O)[O-])ccc3OC)n2Cc2ccco2)c1. The topological polar surface area (TPSA) is 105 Å². The number of hydrogen-bond donors (Lipinski definition) is 0. The van der Waals surface area contributed by atoms with Gasteiger partial charge in [0.1, 0.15) is 17.3 Å². The van der Waals surface area contributed by atoms with Gasteiger partial charge in [-0.25, -0.2) is 0 Å². The monoisotopic (exact) mass is 452 g/mol. The average Bonchev–Trinajstić information content (AvgIpc) is 3.48. The lowest BCUT2D eigenvalue weighted by atomic mass is 10.2. The molecule has 0 atom stereocenters. The Morgan fingerprint density at radius 1 is 1.09 bits per heavy atom. The van der Waals surface area contributed by atoms with Crippen LogP contribution in [0.3, 0.4) is 0 Å². The van der Waals surface area contributed by atoms with Gasteiger partial charge in [0, 0.05) is 29.0 Å². The van der Waals surface area contributed by atoms with Crippen LogP contribution in [0.4, 0.5) is 5.69 Å². The maximum absolute atomic E-state index is 11.2. The molecule has 0 unspecified atom stereocenters. The van der Waals surface area contributed by atoms with Crippen LogP contribution in [0, 0.1) is 10.1 Å². The first-order valence-electron chi connectivity index (χ1n) is 9.63. The van der Waals surface area contributed by atoms with Gasteiger partial charge in [0.15, 0.2) is 11.0 Å². The number of ether oxygens (including phenoxy) is 2. The molecule has 9 nitrogen and oxygen atoms in total. The zero-order valence-corrected chi connectivity index (χ0v) is 18.2. The van der Waals surface area contributed by atoms with Crippen molar-refractivity contribution in [2.45, 2.75) is 17.5 Å². The lowest BCUT2D eigenvalue weighted by Gasteiger charge is -2.11. The molecule has 0 N–H and O–H groups in total. The minimum absolute atomic E-state index is 0.00974. The van der Waals surface area contributed by atoms with Crippen LogP contribution in [0.15, 0.2) is 70.4 Å². The fraction of sp³-hybridized carbons (Fsp3) is 0.182. The van der Waals surface area contributed by atoms with Crippen molar-refractivity contribution in [2.75, 3.05) is 14.2 Å². The third-order valence-corrected chi connectivity index (χ3v) is 5.79. The molecule has 2 heterocycles. The molecule has 0 aliphatic rings. The Hall–Kier alpha value is -3.79. The summed E-state index contributed by atoms with van der Waals surface area (Å²) in [7, 11) is 3.15. The van der Waals surface area contributed by atoms with Gasteiger partial charge < -0.3 is 13.9 Å². The van der Waals surface area contributed by atoms with Crippen LogP contribution in [-0.4, -0.2) is 33.9 Å². The van der Waals surface area contributed by atoms with E-state index in [0.29, 0.717) is 40.3 Å². The van der Waals surface area contributed by atoms with Crippen LogP contribution in [-0.2, 0) is 12.3 Å². The molecule has 0 aliphatic heterocycles. The number of furan rings is 1. The number of nitro benzene ring substituents is 1. The zero-order chi connectivity index (χ0) is 22.5. The highest BCUT2D eigenvalue weighted by molar-refractivity contribution is 7.98. The number of aromatic nitrogens is 3. The van der Waals surface area contributed by atoms with E-state index in [4.69, 9.17) is 13.9 Å². The number of nitro groups is 1.